The first-order valence-corrected chi connectivity index (χ1v) is 4.91. The van der Waals surface area contributed by atoms with E-state index in [0.717, 1.165) is 16.7 Å². The quantitative estimate of drug-likeness (QED) is 0.666. The Hall–Kier alpha value is -1.31. The summed E-state index contributed by atoms with van der Waals surface area (Å²) in [4.78, 5) is 11.6. The third-order valence-electron chi connectivity index (χ3n) is 2.63. The predicted octanol–water partition coefficient (Wildman–Crippen LogP) is 2.23. The van der Waals surface area contributed by atoms with E-state index in [9.17, 15) is 4.79 Å². The molecule has 0 radical (unpaired) electrons. The van der Waals surface area contributed by atoms with Gasteiger partial charge in [-0.1, -0.05) is 39.0 Å². The molecule has 0 bridgehead atoms. The summed E-state index contributed by atoms with van der Waals surface area (Å²) in [6, 6.07) is 6.09. The maximum atomic E-state index is 11.6. The minimum atomic E-state index is 0.0347. The number of hydrogen-bond acceptors (Lipinski definition) is 1. The number of carbonyl (C=O) groups excluding carboxylic acids is 1. The zero-order valence-corrected chi connectivity index (χ0v) is 8.85. The number of carbonyl (C=O) groups is 1. The molecule has 0 aliphatic carbocycles. The molecule has 1 heterocycles. The second-order valence-electron chi connectivity index (χ2n) is 4.77. The van der Waals surface area contributed by atoms with Gasteiger partial charge in [0.1, 0.15) is 0 Å². The summed E-state index contributed by atoms with van der Waals surface area (Å²) in [5.74, 6) is 0.0746. The van der Waals surface area contributed by atoms with Crippen molar-refractivity contribution in [3.8, 4) is 0 Å². The highest BCUT2D eigenvalue weighted by Crippen LogP contribution is 2.30. The van der Waals surface area contributed by atoms with Crippen LogP contribution in [0.2, 0.25) is 0 Å². The number of rotatable bonds is 0. The molecule has 0 saturated heterocycles. The highest BCUT2D eigenvalue weighted by molar-refractivity contribution is 6.00. The van der Waals surface area contributed by atoms with Gasteiger partial charge in [0, 0.05) is 12.1 Å². The molecule has 0 fully saturated rings. The van der Waals surface area contributed by atoms with Gasteiger partial charge in [0.25, 0.3) is 5.91 Å². The number of nitrogens with one attached hydrogen (secondary N) is 1. The van der Waals surface area contributed by atoms with E-state index in [1.54, 1.807) is 0 Å². The fraction of sp³-hybridized carbons (Fsp3) is 0.417. The lowest BCUT2D eigenvalue weighted by Gasteiger charge is -2.21. The van der Waals surface area contributed by atoms with Crippen LogP contribution in [0.4, 0.5) is 0 Å². The Bertz CT molecular complexity index is 388. The van der Waals surface area contributed by atoms with Crippen LogP contribution >= 0.6 is 0 Å². The summed E-state index contributed by atoms with van der Waals surface area (Å²) in [6.07, 6.45) is 0. The van der Waals surface area contributed by atoms with Crippen LogP contribution in [0, 0.1) is 0 Å². The number of fused-ring (bicyclic) bond motifs is 1. The number of amides is 1. The van der Waals surface area contributed by atoms with Crippen LogP contribution in [-0.2, 0) is 12.0 Å². The summed E-state index contributed by atoms with van der Waals surface area (Å²) >= 11 is 0. The van der Waals surface area contributed by atoms with Gasteiger partial charge in [-0.2, -0.15) is 0 Å². The Morgan fingerprint density at radius 1 is 1.29 bits per heavy atom. The summed E-state index contributed by atoms with van der Waals surface area (Å²) < 4.78 is 0. The van der Waals surface area contributed by atoms with Crippen molar-refractivity contribution in [3.05, 3.63) is 34.9 Å². The van der Waals surface area contributed by atoms with Crippen molar-refractivity contribution in [3.63, 3.8) is 0 Å². The molecule has 1 amide bonds. The smallest absolute Gasteiger partial charge is 0.252 e. The standard InChI is InChI=1S/C12H15NO/c1-12(2,3)9-6-4-5-8-7-13-11(14)10(8)9/h4-6H,7H2,1-3H3,(H,13,14). The minimum absolute atomic E-state index is 0.0347. The normalized spacial score (nSPS) is 15.2. The van der Waals surface area contributed by atoms with Gasteiger partial charge in [-0.25, -0.2) is 0 Å². The van der Waals surface area contributed by atoms with Crippen LogP contribution in [0.1, 0.15) is 42.3 Å². The van der Waals surface area contributed by atoms with E-state index in [2.05, 4.69) is 26.1 Å². The summed E-state index contributed by atoms with van der Waals surface area (Å²) in [7, 11) is 0. The molecule has 2 nitrogen and oxygen atoms in total. The van der Waals surface area contributed by atoms with Crippen molar-refractivity contribution < 1.29 is 4.79 Å². The van der Waals surface area contributed by atoms with Gasteiger partial charge >= 0.3 is 0 Å². The Kier molecular flexibility index (Phi) is 1.88. The van der Waals surface area contributed by atoms with Crippen LogP contribution < -0.4 is 5.32 Å². The fourth-order valence-electron chi connectivity index (χ4n) is 1.90. The predicted molar refractivity (Wildman–Crippen MR) is 56.3 cm³/mol. The van der Waals surface area contributed by atoms with Crippen molar-refractivity contribution in [2.45, 2.75) is 32.7 Å². The van der Waals surface area contributed by atoms with E-state index in [-0.39, 0.29) is 11.3 Å². The number of hydrogen-bond donors (Lipinski definition) is 1. The zero-order valence-electron chi connectivity index (χ0n) is 8.85. The summed E-state index contributed by atoms with van der Waals surface area (Å²) in [5.41, 5.74) is 3.19. The van der Waals surface area contributed by atoms with Gasteiger partial charge in [-0.3, -0.25) is 4.79 Å². The molecule has 0 spiro atoms. The highest BCUT2D eigenvalue weighted by atomic mass is 16.1. The lowest BCUT2D eigenvalue weighted by molar-refractivity contribution is 0.0964. The monoisotopic (exact) mass is 189 g/mol. The van der Waals surface area contributed by atoms with Crippen LogP contribution in [0.5, 0.6) is 0 Å². The Balaban J connectivity index is 2.64. The van der Waals surface area contributed by atoms with Crippen molar-refractivity contribution in [2.24, 2.45) is 0 Å². The topological polar surface area (TPSA) is 29.1 Å². The Morgan fingerprint density at radius 3 is 2.64 bits per heavy atom. The largest absolute Gasteiger partial charge is 0.348 e. The Labute approximate surface area is 84.3 Å². The highest BCUT2D eigenvalue weighted by Gasteiger charge is 2.27. The molecule has 0 saturated carbocycles. The van der Waals surface area contributed by atoms with Crippen molar-refractivity contribution >= 4 is 5.91 Å². The molecule has 1 aromatic rings. The maximum absolute atomic E-state index is 11.6. The van der Waals surface area contributed by atoms with Gasteiger partial charge in [-0.15, -0.1) is 0 Å². The van der Waals surface area contributed by atoms with Crippen LogP contribution in [0.3, 0.4) is 0 Å². The molecule has 0 unspecified atom stereocenters. The first kappa shape index (κ1) is 9.25. The van der Waals surface area contributed by atoms with Crippen LogP contribution in [0.15, 0.2) is 18.2 Å². The molecule has 74 valence electrons. The lowest BCUT2D eigenvalue weighted by atomic mass is 9.82. The van der Waals surface area contributed by atoms with Gasteiger partial charge in [0.15, 0.2) is 0 Å². The lowest BCUT2D eigenvalue weighted by Crippen LogP contribution is -2.19. The van der Waals surface area contributed by atoms with Crippen LogP contribution in [0.25, 0.3) is 0 Å². The third-order valence-corrected chi connectivity index (χ3v) is 2.63. The molecule has 0 aromatic heterocycles. The van der Waals surface area contributed by atoms with Crippen molar-refractivity contribution in [2.75, 3.05) is 0 Å². The second kappa shape index (κ2) is 2.84. The fourth-order valence-corrected chi connectivity index (χ4v) is 1.90. The van der Waals surface area contributed by atoms with E-state index >= 15 is 0 Å². The van der Waals surface area contributed by atoms with Gasteiger partial charge in [0.2, 0.25) is 0 Å². The zero-order chi connectivity index (χ0) is 10.3. The van der Waals surface area contributed by atoms with E-state index in [1.807, 2.05) is 18.2 Å². The van der Waals surface area contributed by atoms with Crippen molar-refractivity contribution in [1.29, 1.82) is 0 Å². The number of benzene rings is 1. The molecule has 1 aromatic carbocycles. The second-order valence-corrected chi connectivity index (χ2v) is 4.77. The maximum Gasteiger partial charge on any atom is 0.252 e. The average molecular weight is 189 g/mol. The Morgan fingerprint density at radius 2 is 2.00 bits per heavy atom. The molecule has 14 heavy (non-hydrogen) atoms. The van der Waals surface area contributed by atoms with E-state index in [4.69, 9.17) is 0 Å². The first-order valence-electron chi connectivity index (χ1n) is 4.91. The van der Waals surface area contributed by atoms with E-state index in [0.29, 0.717) is 6.54 Å². The molecule has 1 N–H and O–H groups in total. The van der Waals surface area contributed by atoms with Crippen molar-refractivity contribution in [1.82, 2.24) is 5.32 Å². The molecule has 2 heteroatoms. The molecule has 0 atom stereocenters. The average Bonchev–Trinajstić information content (AvgIpc) is 2.46. The molecular formula is C12H15NO. The van der Waals surface area contributed by atoms with E-state index in [1.165, 1.54) is 0 Å². The molecule has 2 rings (SSSR count). The van der Waals surface area contributed by atoms with Gasteiger partial charge in [-0.05, 0) is 16.5 Å². The third kappa shape index (κ3) is 1.31. The molecule has 1 aliphatic heterocycles. The van der Waals surface area contributed by atoms with Gasteiger partial charge in [0.05, 0.1) is 0 Å². The van der Waals surface area contributed by atoms with E-state index < -0.39 is 0 Å². The molecular weight excluding hydrogens is 174 g/mol. The summed E-state index contributed by atoms with van der Waals surface area (Å²) in [5, 5.41) is 2.86. The molecule has 1 aliphatic rings. The van der Waals surface area contributed by atoms with Gasteiger partial charge < -0.3 is 5.32 Å². The minimum Gasteiger partial charge on any atom is -0.348 e. The summed E-state index contributed by atoms with van der Waals surface area (Å²) in [6.45, 7) is 7.08. The SMILES string of the molecule is CC(C)(C)c1cccc2c1C(=O)NC2. The van der Waals surface area contributed by atoms with Crippen LogP contribution in [-0.4, -0.2) is 5.91 Å². The first-order chi connectivity index (χ1) is 6.50.